The van der Waals surface area contributed by atoms with E-state index in [0.717, 1.165) is 15.8 Å². The molecule has 0 saturated carbocycles. The maximum atomic E-state index is 12.5. The molecule has 0 aliphatic rings. The number of nitrogens with zero attached hydrogens (tertiary/aromatic N) is 1. The van der Waals surface area contributed by atoms with Gasteiger partial charge in [-0.3, -0.25) is 9.59 Å². The highest BCUT2D eigenvalue weighted by Crippen LogP contribution is 2.18. The second kappa shape index (κ2) is 5.76. The maximum absolute atomic E-state index is 12.5. The van der Waals surface area contributed by atoms with E-state index in [-0.39, 0.29) is 11.4 Å². The number of hydrogen-bond acceptors (Lipinski definition) is 4. The van der Waals surface area contributed by atoms with Crippen LogP contribution >= 0.6 is 0 Å². The van der Waals surface area contributed by atoms with E-state index in [9.17, 15) is 18.0 Å². The molecule has 0 spiro atoms. The number of aryl methyl sites for hydroxylation is 1. The van der Waals surface area contributed by atoms with E-state index in [1.165, 1.54) is 12.1 Å². The number of aliphatic carboxylic acids is 1. The summed E-state index contributed by atoms with van der Waals surface area (Å²) in [7, 11) is -3.80. The maximum Gasteiger partial charge on any atom is 0.309 e. The van der Waals surface area contributed by atoms with Crippen LogP contribution in [0.5, 0.6) is 0 Å². The Hall–Kier alpha value is -2.41. The lowest BCUT2D eigenvalue weighted by atomic mass is 10.1. The Labute approximate surface area is 128 Å². The van der Waals surface area contributed by atoms with Crippen molar-refractivity contribution in [3.05, 3.63) is 58.9 Å². The molecule has 6 nitrogen and oxygen atoms in total. The quantitative estimate of drug-likeness (QED) is 0.842. The van der Waals surface area contributed by atoms with Crippen LogP contribution in [-0.4, -0.2) is 35.5 Å². The zero-order valence-corrected chi connectivity index (χ0v) is 12.9. The SMILES string of the molecule is Cc1ccc(C(=O)c2ccc(CC(=O)O)n2S(C)(=O)=O)cc1. The van der Waals surface area contributed by atoms with Crippen LogP contribution in [0.3, 0.4) is 0 Å². The number of carbonyl (C=O) groups excluding carboxylic acids is 1. The molecule has 0 aliphatic carbocycles. The average Bonchev–Trinajstić information content (AvgIpc) is 2.81. The van der Waals surface area contributed by atoms with Crippen LogP contribution in [-0.2, 0) is 21.2 Å². The smallest absolute Gasteiger partial charge is 0.309 e. The van der Waals surface area contributed by atoms with Gasteiger partial charge in [0.05, 0.1) is 12.7 Å². The number of carboxylic acids is 1. The lowest BCUT2D eigenvalue weighted by Crippen LogP contribution is -2.21. The summed E-state index contributed by atoms with van der Waals surface area (Å²) in [5, 5.41) is 8.86. The zero-order valence-electron chi connectivity index (χ0n) is 12.1. The number of hydrogen-bond donors (Lipinski definition) is 1. The van der Waals surface area contributed by atoms with Gasteiger partial charge in [-0.25, -0.2) is 12.4 Å². The number of rotatable bonds is 5. The summed E-state index contributed by atoms with van der Waals surface area (Å²) < 4.78 is 24.6. The van der Waals surface area contributed by atoms with Gasteiger partial charge in [0.1, 0.15) is 5.69 Å². The van der Waals surface area contributed by atoms with Gasteiger partial charge in [0.25, 0.3) is 0 Å². The van der Waals surface area contributed by atoms with Gasteiger partial charge in [-0.05, 0) is 19.1 Å². The molecule has 7 heteroatoms. The van der Waals surface area contributed by atoms with Crippen molar-refractivity contribution in [2.45, 2.75) is 13.3 Å². The van der Waals surface area contributed by atoms with Crippen LogP contribution in [0.2, 0.25) is 0 Å². The summed E-state index contributed by atoms with van der Waals surface area (Å²) in [4.78, 5) is 23.3. The predicted molar refractivity (Wildman–Crippen MR) is 80.6 cm³/mol. The van der Waals surface area contributed by atoms with Gasteiger partial charge in [0.15, 0.2) is 0 Å². The minimum absolute atomic E-state index is 0.0467. The van der Waals surface area contributed by atoms with Crippen molar-refractivity contribution in [1.29, 1.82) is 0 Å². The Kier molecular flexibility index (Phi) is 4.18. The Balaban J connectivity index is 2.56. The first-order valence-corrected chi connectivity index (χ1v) is 8.29. The summed E-state index contributed by atoms with van der Waals surface area (Å²) in [6.07, 6.45) is 0.457. The fourth-order valence-corrected chi connectivity index (χ4v) is 3.22. The molecule has 0 aliphatic heterocycles. The molecule has 22 heavy (non-hydrogen) atoms. The first-order valence-electron chi connectivity index (χ1n) is 6.44. The van der Waals surface area contributed by atoms with E-state index >= 15 is 0 Å². The van der Waals surface area contributed by atoms with Crippen LogP contribution in [0.15, 0.2) is 36.4 Å². The van der Waals surface area contributed by atoms with E-state index in [1.54, 1.807) is 24.3 Å². The Morgan fingerprint density at radius 1 is 1.09 bits per heavy atom. The monoisotopic (exact) mass is 321 g/mol. The third-order valence-electron chi connectivity index (χ3n) is 3.12. The highest BCUT2D eigenvalue weighted by molar-refractivity contribution is 7.89. The van der Waals surface area contributed by atoms with Crippen LogP contribution in [0, 0.1) is 6.92 Å². The fraction of sp³-hybridized carbons (Fsp3) is 0.200. The largest absolute Gasteiger partial charge is 0.481 e. The normalized spacial score (nSPS) is 11.4. The van der Waals surface area contributed by atoms with Gasteiger partial charge in [-0.2, -0.15) is 0 Å². The molecule has 0 amide bonds. The van der Waals surface area contributed by atoms with Crippen molar-refractivity contribution in [2.24, 2.45) is 0 Å². The zero-order chi connectivity index (χ0) is 16.5. The lowest BCUT2D eigenvalue weighted by molar-refractivity contribution is -0.136. The molecule has 0 radical (unpaired) electrons. The summed E-state index contributed by atoms with van der Waals surface area (Å²) >= 11 is 0. The van der Waals surface area contributed by atoms with E-state index in [0.29, 0.717) is 5.56 Å². The van der Waals surface area contributed by atoms with Gasteiger partial charge in [0, 0.05) is 11.3 Å². The summed E-state index contributed by atoms with van der Waals surface area (Å²) in [6, 6.07) is 9.39. The molecule has 1 aromatic heterocycles. The van der Waals surface area contributed by atoms with Gasteiger partial charge < -0.3 is 5.11 Å². The highest BCUT2D eigenvalue weighted by atomic mass is 32.2. The molecular formula is C15H15NO5S. The van der Waals surface area contributed by atoms with Gasteiger partial charge in [-0.1, -0.05) is 29.8 Å². The minimum Gasteiger partial charge on any atom is -0.481 e. The number of ketones is 1. The van der Waals surface area contributed by atoms with Crippen molar-refractivity contribution < 1.29 is 23.1 Å². The van der Waals surface area contributed by atoms with E-state index in [2.05, 4.69) is 0 Å². The standard InChI is InChI=1S/C15H15NO5S/c1-10-3-5-11(6-4-10)15(19)13-8-7-12(9-14(17)18)16(13)22(2,20)21/h3-8H,9H2,1-2H3,(H,17,18). The van der Waals surface area contributed by atoms with E-state index in [4.69, 9.17) is 5.11 Å². The molecule has 1 N–H and O–H groups in total. The second-order valence-corrected chi connectivity index (χ2v) is 6.83. The number of carboxylic acid groups (broad SMARTS) is 1. The molecule has 1 heterocycles. The van der Waals surface area contributed by atoms with E-state index in [1.807, 2.05) is 6.92 Å². The van der Waals surface area contributed by atoms with Gasteiger partial charge >= 0.3 is 5.97 Å². The van der Waals surface area contributed by atoms with Crippen LogP contribution in [0.1, 0.15) is 27.3 Å². The minimum atomic E-state index is -3.80. The van der Waals surface area contributed by atoms with Crippen molar-refractivity contribution in [2.75, 3.05) is 6.26 Å². The van der Waals surface area contributed by atoms with E-state index < -0.39 is 28.2 Å². The predicted octanol–water partition coefficient (Wildman–Crippen LogP) is 1.46. The van der Waals surface area contributed by atoms with Crippen LogP contribution < -0.4 is 0 Å². The summed E-state index contributed by atoms with van der Waals surface area (Å²) in [6.45, 7) is 1.87. The number of aromatic nitrogens is 1. The topological polar surface area (TPSA) is 93.4 Å². The first kappa shape index (κ1) is 16.0. The Bertz CT molecular complexity index is 831. The molecule has 2 rings (SSSR count). The third-order valence-corrected chi connectivity index (χ3v) is 4.22. The molecule has 0 saturated heterocycles. The van der Waals surface area contributed by atoms with Crippen molar-refractivity contribution in [1.82, 2.24) is 3.97 Å². The third kappa shape index (κ3) is 3.25. The highest BCUT2D eigenvalue weighted by Gasteiger charge is 2.23. The molecule has 0 bridgehead atoms. The molecule has 2 aromatic rings. The first-order chi connectivity index (χ1) is 10.2. The van der Waals surface area contributed by atoms with Crippen molar-refractivity contribution in [3.63, 3.8) is 0 Å². The Morgan fingerprint density at radius 2 is 1.68 bits per heavy atom. The molecular weight excluding hydrogens is 306 g/mol. The lowest BCUT2D eigenvalue weighted by Gasteiger charge is -2.10. The molecule has 0 unspecified atom stereocenters. The fourth-order valence-electron chi connectivity index (χ4n) is 2.16. The molecule has 1 aromatic carbocycles. The number of carbonyl (C=O) groups is 2. The average molecular weight is 321 g/mol. The second-order valence-electron chi connectivity index (χ2n) is 5.00. The Morgan fingerprint density at radius 3 is 2.18 bits per heavy atom. The summed E-state index contributed by atoms with van der Waals surface area (Å²) in [5.74, 6) is -1.64. The van der Waals surface area contributed by atoms with Crippen LogP contribution in [0.25, 0.3) is 0 Å². The van der Waals surface area contributed by atoms with Crippen molar-refractivity contribution in [3.8, 4) is 0 Å². The molecule has 0 atom stereocenters. The van der Waals surface area contributed by atoms with Gasteiger partial charge in [0.2, 0.25) is 15.8 Å². The summed E-state index contributed by atoms with van der Waals surface area (Å²) in [5.41, 5.74) is 1.30. The van der Waals surface area contributed by atoms with Crippen LogP contribution in [0.4, 0.5) is 0 Å². The van der Waals surface area contributed by atoms with Gasteiger partial charge in [-0.15, -0.1) is 0 Å². The molecule has 116 valence electrons. The number of benzene rings is 1. The molecule has 0 fully saturated rings. The van der Waals surface area contributed by atoms with Crippen molar-refractivity contribution >= 4 is 21.8 Å².